The number of methoxy groups -OCH3 is 1. The summed E-state index contributed by atoms with van der Waals surface area (Å²) in [7, 11) is 1.64. The minimum Gasteiger partial charge on any atom is -0.484 e. The molecule has 0 unspecified atom stereocenters. The van der Waals surface area contributed by atoms with Gasteiger partial charge in [0.25, 0.3) is 5.91 Å². The summed E-state index contributed by atoms with van der Waals surface area (Å²) in [6, 6.07) is 4.81. The number of rotatable bonds is 9. The highest BCUT2D eigenvalue weighted by molar-refractivity contribution is 6.34. The molecule has 5 nitrogen and oxygen atoms in total. The molecule has 1 aromatic rings. The fraction of sp³-hybridized carbons (Fsp3) is 0.462. The molecular formula is C13H19Cl3N2O3. The Kier molecular flexibility index (Phi) is 11.5. The summed E-state index contributed by atoms with van der Waals surface area (Å²) >= 11 is 11.7. The number of hydrogen-bond donors (Lipinski definition) is 2. The lowest BCUT2D eigenvalue weighted by Gasteiger charge is -2.08. The van der Waals surface area contributed by atoms with E-state index < -0.39 is 0 Å². The van der Waals surface area contributed by atoms with E-state index in [9.17, 15) is 4.79 Å². The smallest absolute Gasteiger partial charge is 0.257 e. The van der Waals surface area contributed by atoms with Crippen molar-refractivity contribution in [2.45, 2.75) is 0 Å². The molecule has 0 radical (unpaired) electrons. The number of nitrogens with one attached hydrogen (secondary N) is 2. The summed E-state index contributed by atoms with van der Waals surface area (Å²) in [5, 5.41) is 6.78. The summed E-state index contributed by atoms with van der Waals surface area (Å²) in [5.41, 5.74) is 0. The standard InChI is InChI=1S/C13H18Cl2N2O3.ClH/c1-19-5-4-16-2-3-17-13(18)9-20-12-7-10(14)6-11(15)8-12;/h6-8,16H,2-5,9H2,1H3,(H,17,18);1H. The molecule has 0 fully saturated rings. The van der Waals surface area contributed by atoms with Gasteiger partial charge in [0, 0.05) is 36.8 Å². The first-order valence-electron chi connectivity index (χ1n) is 6.17. The third kappa shape index (κ3) is 9.77. The predicted octanol–water partition coefficient (Wildman–Crippen LogP) is 2.15. The largest absolute Gasteiger partial charge is 0.484 e. The van der Waals surface area contributed by atoms with Gasteiger partial charge in [-0.2, -0.15) is 0 Å². The van der Waals surface area contributed by atoms with Crippen LogP contribution in [0.15, 0.2) is 18.2 Å². The van der Waals surface area contributed by atoms with Gasteiger partial charge in [0.2, 0.25) is 0 Å². The van der Waals surface area contributed by atoms with Crippen molar-refractivity contribution in [3.8, 4) is 5.75 Å². The van der Waals surface area contributed by atoms with Crippen molar-refractivity contribution in [2.24, 2.45) is 0 Å². The molecule has 0 saturated carbocycles. The van der Waals surface area contributed by atoms with Crippen LogP contribution in [0.3, 0.4) is 0 Å². The molecule has 2 N–H and O–H groups in total. The number of carbonyl (C=O) groups excluding carboxylic acids is 1. The molecular weight excluding hydrogens is 339 g/mol. The second-order valence-electron chi connectivity index (χ2n) is 3.99. The Hall–Kier alpha value is -0.720. The third-order valence-corrected chi connectivity index (χ3v) is 2.75. The lowest BCUT2D eigenvalue weighted by molar-refractivity contribution is -0.123. The van der Waals surface area contributed by atoms with E-state index in [4.69, 9.17) is 32.7 Å². The van der Waals surface area contributed by atoms with Crippen LogP contribution in [-0.2, 0) is 9.53 Å². The molecule has 0 heterocycles. The highest BCUT2D eigenvalue weighted by atomic mass is 35.5. The Bertz CT molecular complexity index is 413. The number of ether oxygens (including phenoxy) is 2. The first-order valence-corrected chi connectivity index (χ1v) is 6.92. The van der Waals surface area contributed by atoms with Crippen molar-refractivity contribution < 1.29 is 14.3 Å². The van der Waals surface area contributed by atoms with Crippen molar-refractivity contribution in [3.05, 3.63) is 28.2 Å². The molecule has 0 aliphatic heterocycles. The molecule has 1 rings (SSSR count). The van der Waals surface area contributed by atoms with Gasteiger partial charge in [-0.25, -0.2) is 0 Å². The van der Waals surface area contributed by atoms with Gasteiger partial charge in [-0.1, -0.05) is 23.2 Å². The first-order chi connectivity index (χ1) is 9.61. The summed E-state index contributed by atoms with van der Waals surface area (Å²) in [5.74, 6) is 0.269. The van der Waals surface area contributed by atoms with Gasteiger partial charge < -0.3 is 20.1 Å². The lowest BCUT2D eigenvalue weighted by atomic mass is 10.3. The molecule has 120 valence electrons. The maximum absolute atomic E-state index is 11.5. The van der Waals surface area contributed by atoms with E-state index in [-0.39, 0.29) is 24.9 Å². The average Bonchev–Trinajstić information content (AvgIpc) is 2.39. The Morgan fingerprint density at radius 1 is 1.14 bits per heavy atom. The fourth-order valence-electron chi connectivity index (χ4n) is 1.40. The maximum atomic E-state index is 11.5. The minimum atomic E-state index is -0.199. The molecule has 8 heteroatoms. The molecule has 21 heavy (non-hydrogen) atoms. The predicted molar refractivity (Wildman–Crippen MR) is 87.0 cm³/mol. The van der Waals surface area contributed by atoms with Gasteiger partial charge in [0.15, 0.2) is 6.61 Å². The van der Waals surface area contributed by atoms with Crippen LogP contribution in [0.1, 0.15) is 0 Å². The Labute approximate surface area is 140 Å². The van der Waals surface area contributed by atoms with E-state index in [1.165, 1.54) is 0 Å². The highest BCUT2D eigenvalue weighted by Gasteiger charge is 2.04. The van der Waals surface area contributed by atoms with Crippen molar-refractivity contribution in [1.29, 1.82) is 0 Å². The molecule has 1 amide bonds. The normalized spacial score (nSPS) is 9.86. The summed E-state index contributed by atoms with van der Waals surface area (Å²) in [6.45, 7) is 2.53. The van der Waals surface area contributed by atoms with Gasteiger partial charge in [0.05, 0.1) is 6.61 Å². The Balaban J connectivity index is 0.00000400. The van der Waals surface area contributed by atoms with E-state index >= 15 is 0 Å². The molecule has 0 atom stereocenters. The van der Waals surface area contributed by atoms with E-state index in [2.05, 4.69) is 10.6 Å². The van der Waals surface area contributed by atoms with E-state index in [0.717, 1.165) is 6.54 Å². The van der Waals surface area contributed by atoms with Gasteiger partial charge in [-0.3, -0.25) is 4.79 Å². The molecule has 1 aromatic carbocycles. The van der Waals surface area contributed by atoms with Crippen LogP contribution >= 0.6 is 35.6 Å². The monoisotopic (exact) mass is 356 g/mol. The van der Waals surface area contributed by atoms with Gasteiger partial charge >= 0.3 is 0 Å². The first kappa shape index (κ1) is 20.3. The number of halogens is 3. The van der Waals surface area contributed by atoms with Gasteiger partial charge in [-0.05, 0) is 18.2 Å². The SMILES string of the molecule is COCCNCCNC(=O)COc1cc(Cl)cc(Cl)c1.Cl. The van der Waals surface area contributed by atoms with Gasteiger partial charge in [0.1, 0.15) is 5.75 Å². The van der Waals surface area contributed by atoms with E-state index in [1.54, 1.807) is 25.3 Å². The van der Waals surface area contributed by atoms with Crippen LogP contribution in [-0.4, -0.2) is 45.9 Å². The van der Waals surface area contributed by atoms with E-state index in [0.29, 0.717) is 35.5 Å². The zero-order valence-corrected chi connectivity index (χ0v) is 14.0. The van der Waals surface area contributed by atoms with Crippen LogP contribution in [0.2, 0.25) is 10.0 Å². The van der Waals surface area contributed by atoms with Crippen molar-refractivity contribution in [3.63, 3.8) is 0 Å². The van der Waals surface area contributed by atoms with E-state index in [1.807, 2.05) is 0 Å². The van der Waals surface area contributed by atoms with Crippen LogP contribution in [0.4, 0.5) is 0 Å². The second-order valence-corrected chi connectivity index (χ2v) is 4.86. The molecule has 0 aliphatic carbocycles. The highest BCUT2D eigenvalue weighted by Crippen LogP contribution is 2.23. The topological polar surface area (TPSA) is 59.6 Å². The van der Waals surface area contributed by atoms with Crippen molar-refractivity contribution >= 4 is 41.5 Å². The van der Waals surface area contributed by atoms with Crippen molar-refractivity contribution in [1.82, 2.24) is 10.6 Å². The molecule has 0 aliphatic rings. The average molecular weight is 358 g/mol. The fourth-order valence-corrected chi connectivity index (χ4v) is 1.91. The van der Waals surface area contributed by atoms with Crippen LogP contribution in [0.5, 0.6) is 5.75 Å². The minimum absolute atomic E-state index is 0. The Morgan fingerprint density at radius 3 is 2.43 bits per heavy atom. The quantitative estimate of drug-likeness (QED) is 0.665. The molecule has 0 saturated heterocycles. The number of carbonyl (C=O) groups is 1. The summed E-state index contributed by atoms with van der Waals surface area (Å²) in [4.78, 5) is 11.5. The molecule has 0 spiro atoms. The molecule has 0 bridgehead atoms. The maximum Gasteiger partial charge on any atom is 0.257 e. The lowest BCUT2D eigenvalue weighted by Crippen LogP contribution is -2.35. The second kappa shape index (κ2) is 11.9. The van der Waals surface area contributed by atoms with Crippen LogP contribution in [0.25, 0.3) is 0 Å². The zero-order valence-electron chi connectivity index (χ0n) is 11.7. The number of hydrogen-bond acceptors (Lipinski definition) is 4. The van der Waals surface area contributed by atoms with Crippen molar-refractivity contribution in [2.75, 3.05) is 40.0 Å². The number of benzene rings is 1. The zero-order chi connectivity index (χ0) is 14.8. The number of amides is 1. The summed E-state index contributed by atoms with van der Waals surface area (Å²) < 4.78 is 10.2. The van der Waals surface area contributed by atoms with Crippen LogP contribution in [0, 0.1) is 0 Å². The van der Waals surface area contributed by atoms with Gasteiger partial charge in [-0.15, -0.1) is 12.4 Å². The Morgan fingerprint density at radius 2 is 1.81 bits per heavy atom. The molecule has 0 aromatic heterocycles. The van der Waals surface area contributed by atoms with Crippen LogP contribution < -0.4 is 15.4 Å². The third-order valence-electron chi connectivity index (χ3n) is 2.31. The summed E-state index contributed by atoms with van der Waals surface area (Å²) in [6.07, 6.45) is 0.